The first-order chi connectivity index (χ1) is 8.15. The summed E-state index contributed by atoms with van der Waals surface area (Å²) < 4.78 is 0. The van der Waals surface area contributed by atoms with Crippen LogP contribution in [-0.4, -0.2) is 34.4 Å². The topological polar surface area (TPSA) is 84.0 Å². The zero-order valence-electron chi connectivity index (χ0n) is 9.56. The highest BCUT2D eigenvalue weighted by Crippen LogP contribution is 2.04. The molecule has 1 atom stereocenters. The first-order valence-corrected chi connectivity index (χ1v) is 5.51. The van der Waals surface area contributed by atoms with Crippen molar-refractivity contribution in [2.24, 2.45) is 0 Å². The molecule has 2 N–H and O–H groups in total. The zero-order chi connectivity index (χ0) is 12.3. The largest absolute Gasteiger partial charge is 0.354 e. The van der Waals surface area contributed by atoms with Gasteiger partial charge in [0.05, 0.1) is 11.9 Å². The quantitative estimate of drug-likeness (QED) is 0.741. The lowest BCUT2D eigenvalue weighted by molar-refractivity contribution is -0.122. The highest BCUT2D eigenvalue weighted by Gasteiger charge is 2.20. The number of nitrogens with one attached hydrogen (secondary N) is 2. The highest BCUT2D eigenvalue weighted by atomic mass is 16.2. The maximum absolute atomic E-state index is 11.8. The second kappa shape index (κ2) is 4.90. The molecule has 2 amide bonds. The van der Waals surface area contributed by atoms with Gasteiger partial charge in [0.15, 0.2) is 0 Å². The number of carbonyl (C=O) groups is 2. The van der Waals surface area contributed by atoms with Crippen LogP contribution in [0.3, 0.4) is 0 Å². The van der Waals surface area contributed by atoms with Crippen LogP contribution >= 0.6 is 0 Å². The third kappa shape index (κ3) is 2.99. The molecule has 1 saturated heterocycles. The van der Waals surface area contributed by atoms with Gasteiger partial charge in [0, 0.05) is 25.2 Å². The Kier molecular flexibility index (Phi) is 3.32. The average Bonchev–Trinajstić information content (AvgIpc) is 2.33. The Hall–Kier alpha value is -1.98. The third-order valence-corrected chi connectivity index (χ3v) is 2.61. The Labute approximate surface area is 98.8 Å². The minimum absolute atomic E-state index is 0.0247. The summed E-state index contributed by atoms with van der Waals surface area (Å²) in [5.41, 5.74) is 1.07. The van der Waals surface area contributed by atoms with Crippen molar-refractivity contribution in [1.82, 2.24) is 20.6 Å². The number of carbonyl (C=O) groups excluding carboxylic acids is 2. The zero-order valence-corrected chi connectivity index (χ0v) is 9.56. The van der Waals surface area contributed by atoms with Crippen LogP contribution in [-0.2, 0) is 4.79 Å². The maximum Gasteiger partial charge on any atom is 0.271 e. The van der Waals surface area contributed by atoms with Crippen LogP contribution in [0.25, 0.3) is 0 Å². The molecule has 2 rings (SSSR count). The molecular weight excluding hydrogens is 220 g/mol. The molecule has 0 radical (unpaired) electrons. The summed E-state index contributed by atoms with van der Waals surface area (Å²) in [6.45, 7) is 2.29. The molecule has 0 saturated carbocycles. The van der Waals surface area contributed by atoms with E-state index in [1.165, 1.54) is 6.20 Å². The second-order valence-electron chi connectivity index (χ2n) is 4.06. The predicted octanol–water partition coefficient (Wildman–Crippen LogP) is -0.207. The number of aromatic nitrogens is 2. The molecule has 0 spiro atoms. The number of amides is 2. The Balaban J connectivity index is 1.93. The summed E-state index contributed by atoms with van der Waals surface area (Å²) in [5.74, 6) is -0.218. The molecule has 0 aliphatic carbocycles. The van der Waals surface area contributed by atoms with Gasteiger partial charge in [0.2, 0.25) is 5.91 Å². The van der Waals surface area contributed by atoms with Gasteiger partial charge in [-0.25, -0.2) is 4.98 Å². The Morgan fingerprint density at radius 1 is 1.47 bits per heavy atom. The molecule has 1 aromatic rings. The first kappa shape index (κ1) is 11.5. The van der Waals surface area contributed by atoms with Gasteiger partial charge >= 0.3 is 0 Å². The smallest absolute Gasteiger partial charge is 0.271 e. The molecule has 1 aliphatic heterocycles. The molecule has 0 bridgehead atoms. The molecule has 1 aliphatic rings. The fourth-order valence-corrected chi connectivity index (χ4v) is 1.63. The molecular formula is C11H14N4O2. The summed E-state index contributed by atoms with van der Waals surface area (Å²) >= 11 is 0. The van der Waals surface area contributed by atoms with Gasteiger partial charge in [-0.3, -0.25) is 14.6 Å². The van der Waals surface area contributed by atoms with Crippen molar-refractivity contribution in [2.45, 2.75) is 25.8 Å². The van der Waals surface area contributed by atoms with Crippen LogP contribution in [0.5, 0.6) is 0 Å². The summed E-state index contributed by atoms with van der Waals surface area (Å²) in [6.07, 6.45) is 4.12. The SMILES string of the molecule is Cc1cnc(C(=O)NC2CCC(=O)NC2)cn1. The van der Waals surface area contributed by atoms with E-state index in [2.05, 4.69) is 20.6 Å². The number of hydrogen-bond acceptors (Lipinski definition) is 4. The lowest BCUT2D eigenvalue weighted by atomic mass is 10.1. The van der Waals surface area contributed by atoms with Crippen molar-refractivity contribution in [1.29, 1.82) is 0 Å². The van der Waals surface area contributed by atoms with Crippen molar-refractivity contribution in [2.75, 3.05) is 6.54 Å². The number of aryl methyl sites for hydroxylation is 1. The van der Waals surface area contributed by atoms with Crippen LogP contribution in [0.4, 0.5) is 0 Å². The predicted molar refractivity (Wildman–Crippen MR) is 60.3 cm³/mol. The number of hydrogen-bond donors (Lipinski definition) is 2. The van der Waals surface area contributed by atoms with Crippen molar-refractivity contribution >= 4 is 11.8 Å². The standard InChI is InChI=1S/C11H14N4O2/c1-7-4-13-9(6-12-7)11(17)15-8-2-3-10(16)14-5-8/h4,6,8H,2-3,5H2,1H3,(H,14,16)(H,15,17). The summed E-state index contributed by atoms with van der Waals surface area (Å²) in [5, 5.41) is 5.53. The first-order valence-electron chi connectivity index (χ1n) is 5.51. The molecule has 17 heavy (non-hydrogen) atoms. The van der Waals surface area contributed by atoms with Crippen LogP contribution < -0.4 is 10.6 Å². The van der Waals surface area contributed by atoms with Gasteiger partial charge in [-0.1, -0.05) is 0 Å². The highest BCUT2D eigenvalue weighted by molar-refractivity contribution is 5.92. The van der Waals surface area contributed by atoms with E-state index in [1.807, 2.05) is 6.92 Å². The lowest BCUT2D eigenvalue weighted by Crippen LogP contribution is -2.47. The number of nitrogens with zero attached hydrogens (tertiary/aromatic N) is 2. The average molecular weight is 234 g/mol. The van der Waals surface area contributed by atoms with Crippen LogP contribution in [0.15, 0.2) is 12.4 Å². The van der Waals surface area contributed by atoms with Crippen LogP contribution in [0.1, 0.15) is 29.0 Å². The van der Waals surface area contributed by atoms with Crippen molar-refractivity contribution in [3.05, 3.63) is 23.8 Å². The minimum Gasteiger partial charge on any atom is -0.354 e. The summed E-state index contributed by atoms with van der Waals surface area (Å²) in [7, 11) is 0. The van der Waals surface area contributed by atoms with Crippen LogP contribution in [0.2, 0.25) is 0 Å². The Bertz CT molecular complexity index is 420. The van der Waals surface area contributed by atoms with Crippen LogP contribution in [0, 0.1) is 6.92 Å². The van der Waals surface area contributed by atoms with E-state index < -0.39 is 0 Å². The number of rotatable bonds is 2. The molecule has 1 aromatic heterocycles. The molecule has 0 aromatic carbocycles. The Morgan fingerprint density at radius 3 is 2.88 bits per heavy atom. The van der Waals surface area contributed by atoms with Gasteiger partial charge in [0.1, 0.15) is 5.69 Å². The molecule has 1 fully saturated rings. The van der Waals surface area contributed by atoms with Crippen molar-refractivity contribution in [3.8, 4) is 0 Å². The van der Waals surface area contributed by atoms with Crippen molar-refractivity contribution in [3.63, 3.8) is 0 Å². The van der Waals surface area contributed by atoms with Gasteiger partial charge in [-0.05, 0) is 13.3 Å². The maximum atomic E-state index is 11.8. The van der Waals surface area contributed by atoms with Crippen molar-refractivity contribution < 1.29 is 9.59 Å². The minimum atomic E-state index is -0.251. The molecule has 6 nitrogen and oxygen atoms in total. The van der Waals surface area contributed by atoms with Gasteiger partial charge < -0.3 is 10.6 Å². The van der Waals surface area contributed by atoms with Gasteiger partial charge in [-0.15, -0.1) is 0 Å². The van der Waals surface area contributed by atoms with Gasteiger partial charge in [0.25, 0.3) is 5.91 Å². The van der Waals surface area contributed by atoms with E-state index in [0.717, 1.165) is 5.69 Å². The third-order valence-electron chi connectivity index (χ3n) is 2.61. The van der Waals surface area contributed by atoms with E-state index in [0.29, 0.717) is 25.1 Å². The fraction of sp³-hybridized carbons (Fsp3) is 0.455. The second-order valence-corrected chi connectivity index (χ2v) is 4.06. The summed E-state index contributed by atoms with van der Waals surface area (Å²) in [6, 6.07) is -0.0247. The number of piperidine rings is 1. The lowest BCUT2D eigenvalue weighted by Gasteiger charge is -2.23. The van der Waals surface area contributed by atoms with E-state index in [9.17, 15) is 9.59 Å². The molecule has 90 valence electrons. The van der Waals surface area contributed by atoms with E-state index in [-0.39, 0.29) is 17.9 Å². The Morgan fingerprint density at radius 2 is 2.29 bits per heavy atom. The molecule has 1 unspecified atom stereocenters. The van der Waals surface area contributed by atoms with E-state index in [1.54, 1.807) is 6.20 Å². The van der Waals surface area contributed by atoms with E-state index in [4.69, 9.17) is 0 Å². The monoisotopic (exact) mass is 234 g/mol. The summed E-state index contributed by atoms with van der Waals surface area (Å²) in [4.78, 5) is 30.7. The fourth-order valence-electron chi connectivity index (χ4n) is 1.63. The van der Waals surface area contributed by atoms with Gasteiger partial charge in [-0.2, -0.15) is 0 Å². The molecule has 6 heteroatoms. The normalized spacial score (nSPS) is 19.6. The van der Waals surface area contributed by atoms with E-state index >= 15 is 0 Å². The molecule has 2 heterocycles.